The van der Waals surface area contributed by atoms with Crippen LogP contribution >= 0.6 is 12.2 Å². The summed E-state index contributed by atoms with van der Waals surface area (Å²) in [4.78, 5) is 2.49. The second-order valence-corrected chi connectivity index (χ2v) is 6.30. The Morgan fingerprint density at radius 1 is 1.29 bits per heavy atom. The van der Waals surface area contributed by atoms with Crippen molar-refractivity contribution in [1.29, 1.82) is 0 Å². The highest BCUT2D eigenvalue weighted by atomic mass is 32.1. The van der Waals surface area contributed by atoms with Gasteiger partial charge in [-0.3, -0.25) is 4.90 Å². The zero-order valence-electron chi connectivity index (χ0n) is 11.9. The number of hydrogen-bond acceptors (Lipinski definition) is 4. The third-order valence-electron chi connectivity index (χ3n) is 3.81. The Bertz CT molecular complexity index is 537. The number of nitrogens with zero attached hydrogens (tertiary/aromatic N) is 4. The van der Waals surface area contributed by atoms with Crippen molar-refractivity contribution in [3.8, 4) is 0 Å². The summed E-state index contributed by atoms with van der Waals surface area (Å²) >= 11 is 5.01. The number of fused-ring (bicyclic) bond motifs is 1. The fourth-order valence-corrected chi connectivity index (χ4v) is 2.27. The number of thiocarbonyl (C=S) groups is 1. The van der Waals surface area contributed by atoms with Crippen molar-refractivity contribution in [3.63, 3.8) is 0 Å². The SMILES string of the molecule is CC(C)(CCN1CCn2c(nnc2C(F)(F)F)C1)C(N)=S. The molecule has 0 aromatic carbocycles. The third kappa shape index (κ3) is 3.52. The van der Waals surface area contributed by atoms with Gasteiger partial charge in [-0.2, -0.15) is 13.2 Å². The van der Waals surface area contributed by atoms with Gasteiger partial charge in [0.15, 0.2) is 0 Å². The van der Waals surface area contributed by atoms with Crippen molar-refractivity contribution in [3.05, 3.63) is 11.6 Å². The van der Waals surface area contributed by atoms with E-state index in [0.29, 0.717) is 30.4 Å². The van der Waals surface area contributed by atoms with E-state index in [1.54, 1.807) is 0 Å². The molecule has 118 valence electrons. The topological polar surface area (TPSA) is 60.0 Å². The van der Waals surface area contributed by atoms with Crippen LogP contribution in [-0.4, -0.2) is 37.7 Å². The predicted molar refractivity (Wildman–Crippen MR) is 75.5 cm³/mol. The minimum atomic E-state index is -4.46. The number of halogens is 3. The highest BCUT2D eigenvalue weighted by molar-refractivity contribution is 7.80. The maximum absolute atomic E-state index is 12.7. The van der Waals surface area contributed by atoms with Gasteiger partial charge in [0.05, 0.1) is 11.5 Å². The maximum atomic E-state index is 12.7. The molecule has 0 spiro atoms. The van der Waals surface area contributed by atoms with Gasteiger partial charge in [0, 0.05) is 18.5 Å². The Kier molecular flexibility index (Phi) is 4.25. The summed E-state index contributed by atoms with van der Waals surface area (Å²) in [6.07, 6.45) is -3.70. The quantitative estimate of drug-likeness (QED) is 0.857. The summed E-state index contributed by atoms with van der Waals surface area (Å²) in [6, 6.07) is 0. The maximum Gasteiger partial charge on any atom is 0.451 e. The minimum absolute atomic E-state index is 0.241. The lowest BCUT2D eigenvalue weighted by Crippen LogP contribution is -2.39. The van der Waals surface area contributed by atoms with Gasteiger partial charge in [0.25, 0.3) is 0 Å². The van der Waals surface area contributed by atoms with Gasteiger partial charge in [0.2, 0.25) is 5.82 Å². The van der Waals surface area contributed by atoms with Gasteiger partial charge in [-0.15, -0.1) is 10.2 Å². The average Bonchev–Trinajstić information content (AvgIpc) is 2.79. The Hall–Kier alpha value is -1.22. The Morgan fingerprint density at radius 3 is 2.52 bits per heavy atom. The highest BCUT2D eigenvalue weighted by Crippen LogP contribution is 2.29. The molecule has 0 radical (unpaired) electrons. The first-order chi connectivity index (χ1) is 9.61. The van der Waals surface area contributed by atoms with Gasteiger partial charge >= 0.3 is 6.18 Å². The van der Waals surface area contributed by atoms with Crippen LogP contribution in [0.25, 0.3) is 0 Å². The molecule has 9 heteroatoms. The van der Waals surface area contributed by atoms with Crippen LogP contribution in [0, 0.1) is 5.41 Å². The molecule has 1 aromatic rings. The van der Waals surface area contributed by atoms with Crippen molar-refractivity contribution in [2.75, 3.05) is 13.1 Å². The van der Waals surface area contributed by atoms with E-state index in [4.69, 9.17) is 18.0 Å². The molecule has 2 rings (SSSR count). The smallest absolute Gasteiger partial charge is 0.393 e. The number of hydrogen-bond donors (Lipinski definition) is 1. The summed E-state index contributed by atoms with van der Waals surface area (Å²) < 4.78 is 39.4. The summed E-state index contributed by atoms with van der Waals surface area (Å²) in [5.41, 5.74) is 5.41. The fourth-order valence-electron chi connectivity index (χ4n) is 2.17. The molecule has 0 aliphatic carbocycles. The van der Waals surface area contributed by atoms with Gasteiger partial charge in [-0.1, -0.05) is 26.1 Å². The molecule has 2 heterocycles. The zero-order valence-corrected chi connectivity index (χ0v) is 12.8. The monoisotopic (exact) mass is 321 g/mol. The number of nitrogens with two attached hydrogens (primary N) is 1. The van der Waals surface area contributed by atoms with Crippen LogP contribution in [0.15, 0.2) is 0 Å². The first kappa shape index (κ1) is 16.2. The summed E-state index contributed by atoms with van der Waals surface area (Å²) in [5, 5.41) is 6.91. The average molecular weight is 321 g/mol. The largest absolute Gasteiger partial charge is 0.451 e. The summed E-state index contributed by atoms with van der Waals surface area (Å²) in [6.45, 7) is 5.76. The zero-order chi connectivity index (χ0) is 15.8. The predicted octanol–water partition coefficient (Wildman–Crippen LogP) is 1.81. The lowest BCUT2D eigenvalue weighted by molar-refractivity contribution is -0.148. The van der Waals surface area contributed by atoms with E-state index in [1.807, 2.05) is 18.7 Å². The van der Waals surface area contributed by atoms with E-state index >= 15 is 0 Å². The molecule has 1 aliphatic heterocycles. The molecule has 2 N–H and O–H groups in total. The van der Waals surface area contributed by atoms with E-state index < -0.39 is 12.0 Å². The van der Waals surface area contributed by atoms with E-state index in [-0.39, 0.29) is 12.0 Å². The van der Waals surface area contributed by atoms with Gasteiger partial charge in [-0.05, 0) is 13.0 Å². The molecule has 0 unspecified atom stereocenters. The highest BCUT2D eigenvalue weighted by Gasteiger charge is 2.39. The Balaban J connectivity index is 2.01. The van der Waals surface area contributed by atoms with Gasteiger partial charge < -0.3 is 10.3 Å². The Labute approximate surface area is 126 Å². The van der Waals surface area contributed by atoms with E-state index in [0.717, 1.165) is 11.0 Å². The molecule has 1 aromatic heterocycles. The van der Waals surface area contributed by atoms with E-state index in [9.17, 15) is 13.2 Å². The van der Waals surface area contributed by atoms with Crippen LogP contribution in [0.3, 0.4) is 0 Å². The van der Waals surface area contributed by atoms with Crippen molar-refractivity contribution in [1.82, 2.24) is 19.7 Å². The fraction of sp³-hybridized carbons (Fsp3) is 0.750. The van der Waals surface area contributed by atoms with Gasteiger partial charge in [-0.25, -0.2) is 0 Å². The van der Waals surface area contributed by atoms with Crippen molar-refractivity contribution < 1.29 is 13.2 Å². The summed E-state index contributed by atoms with van der Waals surface area (Å²) in [5.74, 6) is -0.567. The molecule has 0 fully saturated rings. The summed E-state index contributed by atoms with van der Waals surface area (Å²) in [7, 11) is 0. The normalized spacial score (nSPS) is 16.8. The molecule has 5 nitrogen and oxygen atoms in total. The molecule has 0 amide bonds. The van der Waals surface area contributed by atoms with Crippen LogP contribution in [0.1, 0.15) is 31.9 Å². The minimum Gasteiger partial charge on any atom is -0.393 e. The van der Waals surface area contributed by atoms with Gasteiger partial charge in [0.1, 0.15) is 5.82 Å². The second kappa shape index (κ2) is 5.53. The van der Waals surface area contributed by atoms with Crippen LogP contribution in [0.5, 0.6) is 0 Å². The van der Waals surface area contributed by atoms with Crippen molar-refractivity contribution in [2.45, 2.75) is 39.5 Å². The molecule has 1 aliphatic rings. The van der Waals surface area contributed by atoms with Crippen LogP contribution in [0.4, 0.5) is 13.2 Å². The van der Waals surface area contributed by atoms with Crippen LogP contribution < -0.4 is 5.73 Å². The lowest BCUT2D eigenvalue weighted by Gasteiger charge is -2.31. The molecule has 0 saturated carbocycles. The Morgan fingerprint density at radius 2 is 1.95 bits per heavy atom. The van der Waals surface area contributed by atoms with Crippen LogP contribution in [0.2, 0.25) is 0 Å². The molecule has 0 atom stereocenters. The third-order valence-corrected chi connectivity index (χ3v) is 4.36. The van der Waals surface area contributed by atoms with E-state index in [1.165, 1.54) is 0 Å². The number of rotatable bonds is 4. The number of aromatic nitrogens is 3. The standard InChI is InChI=1S/C12H18F3N5S/c1-11(2,9(16)21)3-4-19-5-6-20-8(7-19)17-18-10(20)12(13,14)15/h3-7H2,1-2H3,(H2,16,21). The molecule has 21 heavy (non-hydrogen) atoms. The van der Waals surface area contributed by atoms with Crippen LogP contribution in [-0.2, 0) is 19.3 Å². The van der Waals surface area contributed by atoms with Crippen molar-refractivity contribution >= 4 is 17.2 Å². The second-order valence-electron chi connectivity index (χ2n) is 5.86. The molecule has 0 bridgehead atoms. The van der Waals surface area contributed by atoms with Crippen molar-refractivity contribution in [2.24, 2.45) is 11.1 Å². The first-order valence-corrected chi connectivity index (χ1v) is 7.03. The van der Waals surface area contributed by atoms with E-state index in [2.05, 4.69) is 10.2 Å². The first-order valence-electron chi connectivity index (χ1n) is 6.63. The molecular weight excluding hydrogens is 303 g/mol. The molecular formula is C12H18F3N5S. The lowest BCUT2D eigenvalue weighted by atomic mass is 9.89. The number of alkyl halides is 3. The molecule has 0 saturated heterocycles.